The topological polar surface area (TPSA) is 77.3 Å². The van der Waals surface area contributed by atoms with Crippen molar-refractivity contribution >= 4 is 11.5 Å². The van der Waals surface area contributed by atoms with E-state index in [1.165, 1.54) is 6.20 Å². The van der Waals surface area contributed by atoms with Gasteiger partial charge in [-0.15, -0.1) is 0 Å². The summed E-state index contributed by atoms with van der Waals surface area (Å²) in [6.07, 6.45) is 1.18. The van der Waals surface area contributed by atoms with E-state index in [4.69, 9.17) is 4.74 Å². The molecule has 0 saturated carbocycles. The van der Waals surface area contributed by atoms with Gasteiger partial charge >= 0.3 is 0 Å². The molecule has 6 nitrogen and oxygen atoms in total. The van der Waals surface area contributed by atoms with Gasteiger partial charge in [-0.2, -0.15) is 0 Å². The lowest BCUT2D eigenvalue weighted by molar-refractivity contribution is -0.385. The second-order valence-electron chi connectivity index (χ2n) is 4.85. The van der Waals surface area contributed by atoms with E-state index >= 15 is 0 Å². The summed E-state index contributed by atoms with van der Waals surface area (Å²) in [4.78, 5) is 14.4. The van der Waals surface area contributed by atoms with Gasteiger partial charge in [0.05, 0.1) is 11.0 Å². The Morgan fingerprint density at radius 1 is 1.36 bits per heavy atom. The summed E-state index contributed by atoms with van der Waals surface area (Å²) >= 11 is 0. The van der Waals surface area contributed by atoms with Gasteiger partial charge in [-0.3, -0.25) is 10.1 Å². The van der Waals surface area contributed by atoms with Crippen LogP contribution in [0.2, 0.25) is 0 Å². The molecule has 0 fully saturated rings. The number of aryl methyl sites for hydroxylation is 1. The first kappa shape index (κ1) is 15.9. The van der Waals surface area contributed by atoms with E-state index in [1.807, 2.05) is 37.3 Å². The van der Waals surface area contributed by atoms with Crippen LogP contribution in [0.25, 0.3) is 0 Å². The smallest absolute Gasteiger partial charge is 0.290 e. The van der Waals surface area contributed by atoms with Gasteiger partial charge in [0.1, 0.15) is 12.0 Å². The molecule has 2 rings (SSSR count). The molecule has 1 aromatic heterocycles. The standard InChI is InChI=1S/C16H19N3O3/c1-3-22-15(13-7-5-4-6-8-13)11-18-16-9-12(2)14(10-17-16)19(20)21/h4-10,15H,3,11H2,1-2H3,(H,17,18). The third-order valence-corrected chi connectivity index (χ3v) is 3.29. The van der Waals surface area contributed by atoms with Crippen molar-refractivity contribution in [1.29, 1.82) is 0 Å². The van der Waals surface area contributed by atoms with Crippen LogP contribution in [0.1, 0.15) is 24.2 Å². The van der Waals surface area contributed by atoms with E-state index in [0.29, 0.717) is 24.5 Å². The highest BCUT2D eigenvalue weighted by Gasteiger charge is 2.14. The summed E-state index contributed by atoms with van der Waals surface area (Å²) in [6.45, 7) is 4.79. The number of pyridine rings is 1. The molecular formula is C16H19N3O3. The molecule has 1 aromatic carbocycles. The van der Waals surface area contributed by atoms with Crippen LogP contribution in [0.15, 0.2) is 42.6 Å². The Morgan fingerprint density at radius 2 is 2.09 bits per heavy atom. The minimum absolute atomic E-state index is 0.0231. The largest absolute Gasteiger partial charge is 0.372 e. The molecule has 0 spiro atoms. The molecule has 22 heavy (non-hydrogen) atoms. The molecule has 0 aliphatic heterocycles. The third-order valence-electron chi connectivity index (χ3n) is 3.29. The fourth-order valence-electron chi connectivity index (χ4n) is 2.18. The first-order chi connectivity index (χ1) is 10.6. The lowest BCUT2D eigenvalue weighted by Crippen LogP contribution is -2.16. The van der Waals surface area contributed by atoms with E-state index in [1.54, 1.807) is 13.0 Å². The number of nitro groups is 1. The van der Waals surface area contributed by atoms with E-state index in [-0.39, 0.29) is 11.8 Å². The number of hydrogen-bond donors (Lipinski definition) is 1. The minimum atomic E-state index is -0.431. The van der Waals surface area contributed by atoms with Crippen LogP contribution < -0.4 is 5.32 Å². The van der Waals surface area contributed by atoms with E-state index < -0.39 is 4.92 Å². The number of ether oxygens (including phenoxy) is 1. The van der Waals surface area contributed by atoms with Crippen LogP contribution >= 0.6 is 0 Å². The van der Waals surface area contributed by atoms with Crippen molar-refractivity contribution in [3.8, 4) is 0 Å². The maximum atomic E-state index is 10.8. The summed E-state index contributed by atoms with van der Waals surface area (Å²) < 4.78 is 5.74. The van der Waals surface area contributed by atoms with Crippen molar-refractivity contribution < 1.29 is 9.66 Å². The molecule has 0 saturated heterocycles. The van der Waals surface area contributed by atoms with Gasteiger partial charge in [-0.25, -0.2) is 4.98 Å². The molecule has 1 N–H and O–H groups in total. The first-order valence-corrected chi connectivity index (χ1v) is 7.13. The van der Waals surface area contributed by atoms with Crippen molar-refractivity contribution in [1.82, 2.24) is 4.98 Å². The molecule has 1 heterocycles. The first-order valence-electron chi connectivity index (χ1n) is 7.13. The zero-order chi connectivity index (χ0) is 15.9. The van der Waals surface area contributed by atoms with Crippen LogP contribution in [0, 0.1) is 17.0 Å². The molecule has 6 heteroatoms. The molecule has 0 aliphatic carbocycles. The normalized spacial score (nSPS) is 11.9. The number of aromatic nitrogens is 1. The van der Waals surface area contributed by atoms with Gasteiger partial charge in [0.15, 0.2) is 0 Å². The Hall–Kier alpha value is -2.47. The molecular weight excluding hydrogens is 282 g/mol. The average molecular weight is 301 g/mol. The van der Waals surface area contributed by atoms with Gasteiger partial charge in [0, 0.05) is 18.7 Å². The number of nitrogens with one attached hydrogen (secondary N) is 1. The van der Waals surface area contributed by atoms with Crippen LogP contribution in [0.3, 0.4) is 0 Å². The summed E-state index contributed by atoms with van der Waals surface area (Å²) in [5.74, 6) is 0.601. The summed E-state index contributed by atoms with van der Waals surface area (Å²) in [5, 5.41) is 14.0. The Labute approximate surface area is 129 Å². The number of rotatable bonds is 7. The zero-order valence-corrected chi connectivity index (χ0v) is 12.7. The van der Waals surface area contributed by atoms with Crippen LogP contribution in [-0.2, 0) is 4.74 Å². The molecule has 0 bridgehead atoms. The zero-order valence-electron chi connectivity index (χ0n) is 12.7. The Balaban J connectivity index is 2.06. The molecule has 0 radical (unpaired) electrons. The van der Waals surface area contributed by atoms with Crippen LogP contribution in [0.4, 0.5) is 11.5 Å². The maximum Gasteiger partial charge on any atom is 0.290 e. The maximum absolute atomic E-state index is 10.8. The molecule has 0 amide bonds. The van der Waals surface area contributed by atoms with Gasteiger partial charge in [0.25, 0.3) is 5.69 Å². The highest BCUT2D eigenvalue weighted by atomic mass is 16.6. The second-order valence-corrected chi connectivity index (χ2v) is 4.85. The van der Waals surface area contributed by atoms with Crippen LogP contribution in [-0.4, -0.2) is 23.1 Å². The van der Waals surface area contributed by atoms with Gasteiger partial charge in [0.2, 0.25) is 0 Å². The van der Waals surface area contributed by atoms with E-state index in [9.17, 15) is 10.1 Å². The van der Waals surface area contributed by atoms with Gasteiger partial charge in [-0.05, 0) is 25.5 Å². The fraction of sp³-hybridized carbons (Fsp3) is 0.312. The van der Waals surface area contributed by atoms with Crippen molar-refractivity contribution in [2.75, 3.05) is 18.5 Å². The van der Waals surface area contributed by atoms with E-state index in [2.05, 4.69) is 10.3 Å². The minimum Gasteiger partial charge on any atom is -0.372 e. The second kappa shape index (κ2) is 7.51. The van der Waals surface area contributed by atoms with Gasteiger partial charge < -0.3 is 10.1 Å². The Morgan fingerprint density at radius 3 is 2.68 bits per heavy atom. The number of nitrogens with zero attached hydrogens (tertiary/aromatic N) is 2. The number of benzene rings is 1. The number of hydrogen-bond acceptors (Lipinski definition) is 5. The summed E-state index contributed by atoms with van der Waals surface area (Å²) in [7, 11) is 0. The Kier molecular flexibility index (Phi) is 5.43. The molecule has 0 aliphatic rings. The Bertz CT molecular complexity index is 632. The molecule has 1 unspecified atom stereocenters. The predicted molar refractivity (Wildman–Crippen MR) is 84.9 cm³/mol. The fourth-order valence-corrected chi connectivity index (χ4v) is 2.18. The number of anilines is 1. The SMILES string of the molecule is CCOC(CNc1cc(C)c([N+](=O)[O-])cn1)c1ccccc1. The third kappa shape index (κ3) is 4.02. The van der Waals surface area contributed by atoms with Crippen molar-refractivity contribution in [2.24, 2.45) is 0 Å². The van der Waals surface area contributed by atoms with Crippen LogP contribution in [0.5, 0.6) is 0 Å². The highest BCUT2D eigenvalue weighted by Crippen LogP contribution is 2.21. The lowest BCUT2D eigenvalue weighted by atomic mass is 10.1. The summed E-state index contributed by atoms with van der Waals surface area (Å²) in [6, 6.07) is 11.6. The van der Waals surface area contributed by atoms with Crippen molar-refractivity contribution in [3.63, 3.8) is 0 Å². The summed E-state index contributed by atoms with van der Waals surface area (Å²) in [5.41, 5.74) is 1.68. The lowest BCUT2D eigenvalue weighted by Gasteiger charge is -2.18. The predicted octanol–water partition coefficient (Wildman–Crippen LogP) is 3.49. The van der Waals surface area contributed by atoms with E-state index in [0.717, 1.165) is 5.56 Å². The van der Waals surface area contributed by atoms with Crippen molar-refractivity contribution in [3.05, 3.63) is 63.8 Å². The highest BCUT2D eigenvalue weighted by molar-refractivity contribution is 5.47. The van der Waals surface area contributed by atoms with Gasteiger partial charge in [-0.1, -0.05) is 30.3 Å². The van der Waals surface area contributed by atoms with Crippen molar-refractivity contribution in [2.45, 2.75) is 20.0 Å². The molecule has 2 aromatic rings. The molecule has 116 valence electrons. The average Bonchev–Trinajstić information content (AvgIpc) is 2.52. The monoisotopic (exact) mass is 301 g/mol. The quantitative estimate of drug-likeness (QED) is 0.625. The molecule has 1 atom stereocenters.